The molecule has 0 aliphatic heterocycles. The minimum Gasteiger partial charge on any atom is -0.455 e. The molecule has 0 saturated carbocycles. The lowest BCUT2D eigenvalue weighted by Crippen LogP contribution is -2.13. The van der Waals surface area contributed by atoms with E-state index in [0.29, 0.717) is 41.0 Å². The van der Waals surface area contributed by atoms with Gasteiger partial charge in [-0.05, 0) is 38.0 Å². The highest BCUT2D eigenvalue weighted by Gasteiger charge is 2.28. The Bertz CT molecular complexity index is 1120. The van der Waals surface area contributed by atoms with Crippen LogP contribution in [0.4, 0.5) is 5.69 Å². The summed E-state index contributed by atoms with van der Waals surface area (Å²) < 4.78 is 10.9. The van der Waals surface area contributed by atoms with Gasteiger partial charge in [-0.2, -0.15) is 0 Å². The molecule has 2 aromatic heterocycles. The van der Waals surface area contributed by atoms with Crippen molar-refractivity contribution < 1.29 is 18.4 Å². The zero-order chi connectivity index (χ0) is 18.4. The van der Waals surface area contributed by atoms with Crippen LogP contribution < -0.4 is 10.9 Å². The Kier molecular flexibility index (Phi) is 3.76. The van der Waals surface area contributed by atoms with Crippen LogP contribution in [-0.4, -0.2) is 11.7 Å². The molecule has 0 atom stereocenters. The number of ketones is 1. The summed E-state index contributed by atoms with van der Waals surface area (Å²) in [4.78, 5) is 36.2. The standard InChI is InChI=1S/C20H17NO5/c1-10-8-17(23)25-16-9-12(6-7-13(10)16)21-20(24)19-11(2)18-14(22)4-3-5-15(18)26-19/h6-9H,3-5H2,1-2H3,(H,21,24). The number of carbonyl (C=O) groups excluding carboxylic acids is 2. The molecule has 3 aromatic rings. The molecule has 0 bridgehead atoms. The molecule has 2 heterocycles. The molecular formula is C20H17NO5. The fourth-order valence-corrected chi connectivity index (χ4v) is 3.46. The Balaban J connectivity index is 1.68. The first kappa shape index (κ1) is 16.3. The number of aryl methyl sites for hydroxylation is 2. The van der Waals surface area contributed by atoms with Crippen LogP contribution in [0, 0.1) is 13.8 Å². The van der Waals surface area contributed by atoms with Crippen molar-refractivity contribution in [3.8, 4) is 0 Å². The molecule has 1 aliphatic rings. The van der Waals surface area contributed by atoms with Gasteiger partial charge in [-0.1, -0.05) is 0 Å². The minimum absolute atomic E-state index is 0.0227. The summed E-state index contributed by atoms with van der Waals surface area (Å²) in [5, 5.41) is 3.55. The van der Waals surface area contributed by atoms with Crippen LogP contribution in [0.3, 0.4) is 0 Å². The molecule has 6 heteroatoms. The van der Waals surface area contributed by atoms with E-state index in [1.807, 2.05) is 6.92 Å². The predicted octanol–water partition coefficient (Wildman–Crippen LogP) is 3.77. The Hall–Kier alpha value is -3.15. The number of furan rings is 1. The van der Waals surface area contributed by atoms with Gasteiger partial charge in [0.2, 0.25) is 0 Å². The van der Waals surface area contributed by atoms with Crippen LogP contribution in [0.25, 0.3) is 11.0 Å². The Morgan fingerprint density at radius 3 is 2.65 bits per heavy atom. The molecule has 0 fully saturated rings. The molecule has 1 amide bonds. The van der Waals surface area contributed by atoms with Gasteiger partial charge in [0, 0.05) is 41.6 Å². The van der Waals surface area contributed by atoms with E-state index in [9.17, 15) is 14.4 Å². The molecule has 26 heavy (non-hydrogen) atoms. The molecule has 6 nitrogen and oxygen atoms in total. The highest BCUT2D eigenvalue weighted by molar-refractivity contribution is 6.08. The molecule has 1 aliphatic carbocycles. The lowest BCUT2D eigenvalue weighted by atomic mass is 9.94. The Morgan fingerprint density at radius 1 is 1.08 bits per heavy atom. The van der Waals surface area contributed by atoms with Crippen molar-refractivity contribution in [2.75, 3.05) is 5.32 Å². The van der Waals surface area contributed by atoms with Gasteiger partial charge in [0.05, 0.1) is 5.56 Å². The summed E-state index contributed by atoms with van der Waals surface area (Å²) in [7, 11) is 0. The van der Waals surface area contributed by atoms with E-state index in [2.05, 4.69) is 5.32 Å². The van der Waals surface area contributed by atoms with E-state index in [1.54, 1.807) is 25.1 Å². The summed E-state index contributed by atoms with van der Waals surface area (Å²) in [6.45, 7) is 3.55. The van der Waals surface area contributed by atoms with Crippen molar-refractivity contribution in [1.82, 2.24) is 0 Å². The van der Waals surface area contributed by atoms with Crippen LogP contribution in [0.5, 0.6) is 0 Å². The molecule has 4 rings (SSSR count). The number of nitrogens with one attached hydrogen (secondary N) is 1. The summed E-state index contributed by atoms with van der Waals surface area (Å²) in [6, 6.07) is 6.54. The zero-order valence-corrected chi connectivity index (χ0v) is 14.5. The fourth-order valence-electron chi connectivity index (χ4n) is 3.46. The summed E-state index contributed by atoms with van der Waals surface area (Å²) >= 11 is 0. The smallest absolute Gasteiger partial charge is 0.336 e. The summed E-state index contributed by atoms with van der Waals surface area (Å²) in [6.07, 6.45) is 1.88. The van der Waals surface area contributed by atoms with Gasteiger partial charge in [0.15, 0.2) is 11.5 Å². The third-order valence-corrected chi connectivity index (χ3v) is 4.72. The average Bonchev–Trinajstić information content (AvgIpc) is 2.92. The van der Waals surface area contributed by atoms with Crippen molar-refractivity contribution in [2.45, 2.75) is 33.1 Å². The van der Waals surface area contributed by atoms with E-state index in [4.69, 9.17) is 8.83 Å². The molecule has 0 unspecified atom stereocenters. The highest BCUT2D eigenvalue weighted by atomic mass is 16.4. The summed E-state index contributed by atoms with van der Waals surface area (Å²) in [5.41, 5.74) is 2.37. The van der Waals surface area contributed by atoms with Crippen LogP contribution >= 0.6 is 0 Å². The van der Waals surface area contributed by atoms with Crippen LogP contribution in [0.15, 0.2) is 37.9 Å². The molecular weight excluding hydrogens is 334 g/mol. The second-order valence-electron chi connectivity index (χ2n) is 6.54. The number of fused-ring (bicyclic) bond motifs is 2. The monoisotopic (exact) mass is 351 g/mol. The normalized spacial score (nSPS) is 13.7. The van der Waals surface area contributed by atoms with Crippen molar-refractivity contribution in [3.05, 3.63) is 62.9 Å². The minimum atomic E-state index is -0.438. The first-order chi connectivity index (χ1) is 12.4. The number of benzene rings is 1. The number of carbonyl (C=O) groups is 2. The van der Waals surface area contributed by atoms with Crippen LogP contribution in [-0.2, 0) is 6.42 Å². The molecule has 1 N–H and O–H groups in total. The van der Waals surface area contributed by atoms with Gasteiger partial charge in [0.25, 0.3) is 5.91 Å². The largest absolute Gasteiger partial charge is 0.455 e. The molecule has 0 radical (unpaired) electrons. The number of hydrogen-bond donors (Lipinski definition) is 1. The SMILES string of the molecule is Cc1c(C(=O)Nc2ccc3c(C)cc(=O)oc3c2)oc2c1C(=O)CCC2. The van der Waals surface area contributed by atoms with E-state index in [-0.39, 0.29) is 11.5 Å². The van der Waals surface area contributed by atoms with Crippen LogP contribution in [0.2, 0.25) is 0 Å². The van der Waals surface area contributed by atoms with Gasteiger partial charge in [0.1, 0.15) is 11.3 Å². The van der Waals surface area contributed by atoms with E-state index >= 15 is 0 Å². The van der Waals surface area contributed by atoms with Crippen molar-refractivity contribution in [2.24, 2.45) is 0 Å². The van der Waals surface area contributed by atoms with E-state index < -0.39 is 11.5 Å². The maximum atomic E-state index is 12.6. The highest BCUT2D eigenvalue weighted by Crippen LogP contribution is 2.30. The number of rotatable bonds is 2. The predicted molar refractivity (Wildman–Crippen MR) is 95.9 cm³/mol. The first-order valence-corrected chi connectivity index (χ1v) is 8.45. The van der Waals surface area contributed by atoms with Crippen molar-refractivity contribution >= 4 is 28.3 Å². The van der Waals surface area contributed by atoms with Gasteiger partial charge in [-0.15, -0.1) is 0 Å². The van der Waals surface area contributed by atoms with Gasteiger partial charge < -0.3 is 14.2 Å². The second-order valence-corrected chi connectivity index (χ2v) is 6.54. The lowest BCUT2D eigenvalue weighted by molar-refractivity contribution is 0.0963. The van der Waals surface area contributed by atoms with E-state index in [0.717, 1.165) is 17.4 Å². The number of anilines is 1. The van der Waals surface area contributed by atoms with Gasteiger partial charge in [-0.25, -0.2) is 4.79 Å². The molecule has 132 valence electrons. The van der Waals surface area contributed by atoms with Gasteiger partial charge >= 0.3 is 5.63 Å². The third-order valence-electron chi connectivity index (χ3n) is 4.72. The van der Waals surface area contributed by atoms with Crippen molar-refractivity contribution in [3.63, 3.8) is 0 Å². The topological polar surface area (TPSA) is 89.5 Å². The second kappa shape index (κ2) is 5.98. The number of hydrogen-bond acceptors (Lipinski definition) is 5. The fraction of sp³-hybridized carbons (Fsp3) is 0.250. The lowest BCUT2D eigenvalue weighted by Gasteiger charge is -2.07. The molecule has 0 spiro atoms. The number of amides is 1. The molecule has 1 aromatic carbocycles. The van der Waals surface area contributed by atoms with Crippen molar-refractivity contribution in [1.29, 1.82) is 0 Å². The maximum Gasteiger partial charge on any atom is 0.336 e. The van der Waals surface area contributed by atoms with Gasteiger partial charge in [-0.3, -0.25) is 9.59 Å². The Morgan fingerprint density at radius 2 is 1.88 bits per heavy atom. The van der Waals surface area contributed by atoms with Crippen LogP contribution in [0.1, 0.15) is 50.6 Å². The average molecular weight is 351 g/mol. The maximum absolute atomic E-state index is 12.6. The third kappa shape index (κ3) is 2.63. The summed E-state index contributed by atoms with van der Waals surface area (Å²) in [5.74, 6) is 0.327. The number of Topliss-reactive ketones (excluding diaryl/α,β-unsaturated/α-hetero) is 1. The quantitative estimate of drug-likeness (QED) is 0.710. The first-order valence-electron chi connectivity index (χ1n) is 8.45. The van der Waals surface area contributed by atoms with E-state index in [1.165, 1.54) is 6.07 Å². The Labute approximate surface area is 148 Å². The molecule has 0 saturated heterocycles. The zero-order valence-electron chi connectivity index (χ0n) is 14.5.